The molecule has 3 rings (SSSR count). The van der Waals surface area contributed by atoms with Gasteiger partial charge in [0.1, 0.15) is 5.76 Å². The average molecular weight is 383 g/mol. The molecule has 0 aliphatic heterocycles. The summed E-state index contributed by atoms with van der Waals surface area (Å²) in [6.45, 7) is 2.47. The second-order valence-electron chi connectivity index (χ2n) is 7.63. The van der Waals surface area contributed by atoms with Crippen LogP contribution < -0.4 is 5.32 Å². The van der Waals surface area contributed by atoms with Crippen molar-refractivity contribution >= 4 is 17.6 Å². The van der Waals surface area contributed by atoms with Crippen molar-refractivity contribution < 1.29 is 14.1 Å². The zero-order chi connectivity index (χ0) is 19.8. The molecule has 1 heterocycles. The maximum atomic E-state index is 12.9. The first-order valence-electron chi connectivity index (χ1n) is 10.1. The summed E-state index contributed by atoms with van der Waals surface area (Å²) in [4.78, 5) is 27.1. The first-order chi connectivity index (χ1) is 13.6. The van der Waals surface area contributed by atoms with Crippen molar-refractivity contribution in [3.05, 3.63) is 47.7 Å². The number of amides is 2. The first kappa shape index (κ1) is 20.1. The predicted octanol–water partition coefficient (Wildman–Crippen LogP) is 3.96. The summed E-state index contributed by atoms with van der Waals surface area (Å²) in [6.07, 6.45) is 7.05. The van der Waals surface area contributed by atoms with Crippen molar-refractivity contribution in [3.8, 4) is 0 Å². The van der Waals surface area contributed by atoms with Gasteiger partial charge in [-0.25, -0.2) is 0 Å². The highest BCUT2D eigenvalue weighted by molar-refractivity contribution is 5.93. The van der Waals surface area contributed by atoms with Crippen molar-refractivity contribution in [1.29, 1.82) is 0 Å². The lowest BCUT2D eigenvalue weighted by atomic mass is 9.89. The Morgan fingerprint density at radius 2 is 1.93 bits per heavy atom. The lowest BCUT2D eigenvalue weighted by molar-refractivity contribution is -0.135. The van der Waals surface area contributed by atoms with E-state index in [2.05, 4.69) is 10.5 Å². The molecular weight excluding hydrogens is 354 g/mol. The van der Waals surface area contributed by atoms with E-state index in [9.17, 15) is 9.59 Å². The smallest absolute Gasteiger partial charge is 0.245 e. The van der Waals surface area contributed by atoms with E-state index >= 15 is 0 Å². The van der Waals surface area contributed by atoms with Gasteiger partial charge in [0.2, 0.25) is 11.8 Å². The van der Waals surface area contributed by atoms with Crippen LogP contribution in [0.2, 0.25) is 0 Å². The van der Waals surface area contributed by atoms with Crippen LogP contribution in [0.25, 0.3) is 0 Å². The van der Waals surface area contributed by atoms with Crippen LogP contribution in [0.15, 0.2) is 40.9 Å². The third kappa shape index (κ3) is 6.22. The number of aryl methyl sites for hydroxylation is 2. The number of nitrogens with zero attached hydrogens (tertiary/aromatic N) is 2. The third-order valence-corrected chi connectivity index (χ3v) is 5.26. The monoisotopic (exact) mass is 383 g/mol. The van der Waals surface area contributed by atoms with Crippen LogP contribution >= 0.6 is 0 Å². The molecule has 0 unspecified atom stereocenters. The van der Waals surface area contributed by atoms with Crippen molar-refractivity contribution in [2.24, 2.45) is 5.92 Å². The molecule has 1 aromatic carbocycles. The second-order valence-corrected chi connectivity index (χ2v) is 7.63. The highest BCUT2D eigenvalue weighted by atomic mass is 16.5. The molecule has 150 valence electrons. The molecule has 0 radical (unpaired) electrons. The molecule has 1 fully saturated rings. The highest BCUT2D eigenvalue weighted by Crippen LogP contribution is 2.24. The number of nitrogens with one attached hydrogen (secondary N) is 1. The molecule has 0 atom stereocenters. The van der Waals surface area contributed by atoms with Gasteiger partial charge in [-0.3, -0.25) is 9.59 Å². The number of carbonyl (C=O) groups is 2. The van der Waals surface area contributed by atoms with E-state index < -0.39 is 0 Å². The molecule has 1 saturated carbocycles. The van der Waals surface area contributed by atoms with E-state index in [0.29, 0.717) is 36.9 Å². The lowest BCUT2D eigenvalue weighted by Gasteiger charge is -2.29. The average Bonchev–Trinajstić information content (AvgIpc) is 3.11. The Balaban J connectivity index is 1.59. The van der Waals surface area contributed by atoms with Gasteiger partial charge in [-0.1, -0.05) is 54.8 Å². The summed E-state index contributed by atoms with van der Waals surface area (Å²) in [5.74, 6) is 1.29. The first-order valence-corrected chi connectivity index (χ1v) is 10.1. The van der Waals surface area contributed by atoms with E-state index in [1.54, 1.807) is 17.9 Å². The minimum absolute atomic E-state index is 0.0286. The maximum Gasteiger partial charge on any atom is 0.245 e. The molecule has 1 N–H and O–H groups in total. The topological polar surface area (TPSA) is 75.4 Å². The van der Waals surface area contributed by atoms with Crippen LogP contribution in [0, 0.1) is 12.8 Å². The molecule has 1 aromatic heterocycles. The third-order valence-electron chi connectivity index (χ3n) is 5.26. The molecular formula is C22H29N3O3. The van der Waals surface area contributed by atoms with Crippen LogP contribution in [-0.4, -0.2) is 35.0 Å². The van der Waals surface area contributed by atoms with Crippen LogP contribution in [0.3, 0.4) is 0 Å². The van der Waals surface area contributed by atoms with Crippen molar-refractivity contribution in [2.45, 2.75) is 51.9 Å². The molecule has 0 spiro atoms. The van der Waals surface area contributed by atoms with E-state index in [1.807, 2.05) is 30.3 Å². The fraction of sp³-hybridized carbons (Fsp3) is 0.500. The minimum atomic E-state index is -0.239. The minimum Gasteiger partial charge on any atom is -0.360 e. The molecule has 1 aliphatic carbocycles. The summed E-state index contributed by atoms with van der Waals surface area (Å²) in [7, 11) is 0. The summed E-state index contributed by atoms with van der Waals surface area (Å²) < 4.78 is 4.98. The largest absolute Gasteiger partial charge is 0.360 e. The van der Waals surface area contributed by atoms with Gasteiger partial charge in [0.05, 0.1) is 6.54 Å². The molecule has 6 heteroatoms. The number of carbonyl (C=O) groups excluding carboxylic acids is 2. The normalized spacial score (nSPS) is 14.6. The van der Waals surface area contributed by atoms with Gasteiger partial charge in [-0.05, 0) is 37.7 Å². The Bertz CT molecular complexity index is 766. The SMILES string of the molecule is Cc1cc(NC(=O)CN(CC2CCCCC2)C(=O)CCc2ccccc2)no1. The molecule has 6 nitrogen and oxygen atoms in total. The number of benzene rings is 1. The predicted molar refractivity (Wildman–Crippen MR) is 108 cm³/mol. The van der Waals surface area contributed by atoms with Crippen molar-refractivity contribution in [1.82, 2.24) is 10.1 Å². The molecule has 28 heavy (non-hydrogen) atoms. The van der Waals surface area contributed by atoms with Crippen LogP contribution in [0.4, 0.5) is 5.82 Å². The van der Waals surface area contributed by atoms with Gasteiger partial charge in [0.25, 0.3) is 0 Å². The van der Waals surface area contributed by atoms with Crippen molar-refractivity contribution in [3.63, 3.8) is 0 Å². The summed E-state index contributed by atoms with van der Waals surface area (Å²) in [6, 6.07) is 11.6. The fourth-order valence-electron chi connectivity index (χ4n) is 3.77. The van der Waals surface area contributed by atoms with Gasteiger partial charge in [0.15, 0.2) is 5.82 Å². The van der Waals surface area contributed by atoms with E-state index in [-0.39, 0.29) is 18.4 Å². The fourth-order valence-corrected chi connectivity index (χ4v) is 3.77. The van der Waals surface area contributed by atoms with Gasteiger partial charge in [0, 0.05) is 19.0 Å². The van der Waals surface area contributed by atoms with Gasteiger partial charge in [-0.15, -0.1) is 0 Å². The Hall–Kier alpha value is -2.63. The number of hydrogen-bond acceptors (Lipinski definition) is 4. The van der Waals surface area contributed by atoms with Gasteiger partial charge >= 0.3 is 0 Å². The molecule has 2 amide bonds. The standard InChI is InChI=1S/C22H29N3O3/c1-17-14-20(24-28-17)23-21(26)16-25(15-19-10-6-3-7-11-19)22(27)13-12-18-8-4-2-5-9-18/h2,4-5,8-9,14,19H,3,6-7,10-13,15-16H2,1H3,(H,23,24,26). The lowest BCUT2D eigenvalue weighted by Crippen LogP contribution is -2.41. The Morgan fingerprint density at radius 1 is 1.18 bits per heavy atom. The van der Waals surface area contributed by atoms with E-state index in [0.717, 1.165) is 18.4 Å². The van der Waals surface area contributed by atoms with Crippen LogP contribution in [-0.2, 0) is 16.0 Å². The number of anilines is 1. The Kier molecular flexibility index (Phi) is 7.23. The van der Waals surface area contributed by atoms with E-state index in [1.165, 1.54) is 19.3 Å². The summed E-state index contributed by atoms with van der Waals surface area (Å²) in [5, 5.41) is 6.51. The molecule has 0 bridgehead atoms. The summed E-state index contributed by atoms with van der Waals surface area (Å²) >= 11 is 0. The van der Waals surface area contributed by atoms with Crippen molar-refractivity contribution in [2.75, 3.05) is 18.4 Å². The van der Waals surface area contributed by atoms with Gasteiger partial charge < -0.3 is 14.7 Å². The zero-order valence-electron chi connectivity index (χ0n) is 16.5. The van der Waals surface area contributed by atoms with Crippen LogP contribution in [0.5, 0.6) is 0 Å². The maximum absolute atomic E-state index is 12.9. The number of hydrogen-bond donors (Lipinski definition) is 1. The molecule has 2 aromatic rings. The van der Waals surface area contributed by atoms with Gasteiger partial charge in [-0.2, -0.15) is 0 Å². The number of rotatable bonds is 8. The molecule has 0 saturated heterocycles. The second kappa shape index (κ2) is 10.1. The summed E-state index contributed by atoms with van der Waals surface area (Å²) in [5.41, 5.74) is 1.14. The zero-order valence-corrected chi connectivity index (χ0v) is 16.5. The highest BCUT2D eigenvalue weighted by Gasteiger charge is 2.23. The number of aromatic nitrogens is 1. The van der Waals surface area contributed by atoms with E-state index in [4.69, 9.17) is 4.52 Å². The van der Waals surface area contributed by atoms with Crippen LogP contribution in [0.1, 0.15) is 49.8 Å². The molecule has 1 aliphatic rings. The Labute approximate surface area is 166 Å². The Morgan fingerprint density at radius 3 is 2.61 bits per heavy atom. The quantitative estimate of drug-likeness (QED) is 0.748.